The Morgan fingerprint density at radius 2 is 1.79 bits per heavy atom. The van der Waals surface area contributed by atoms with Crippen LogP contribution < -0.4 is 5.32 Å². The van der Waals surface area contributed by atoms with Crippen LogP contribution in [-0.4, -0.2) is 46.8 Å². The second kappa shape index (κ2) is 9.68. The minimum Gasteiger partial charge on any atom is -0.322 e. The molecule has 33 heavy (non-hydrogen) atoms. The minimum absolute atomic E-state index is 0.0721. The number of nitrogens with one attached hydrogen (secondary N) is 1. The Hall–Kier alpha value is -3.30. The van der Waals surface area contributed by atoms with Crippen LogP contribution in [0.15, 0.2) is 71.9 Å². The van der Waals surface area contributed by atoms with E-state index in [2.05, 4.69) is 10.4 Å². The molecule has 1 unspecified atom stereocenters. The fourth-order valence-electron chi connectivity index (χ4n) is 3.96. The van der Waals surface area contributed by atoms with E-state index in [-0.39, 0.29) is 23.1 Å². The number of Topliss-reactive ketones (excluding diaryl/α,β-unsaturated/α-hetero) is 1. The van der Waals surface area contributed by atoms with Gasteiger partial charge in [0.1, 0.15) is 6.04 Å². The number of carbonyl (C=O) groups is 2. The summed E-state index contributed by atoms with van der Waals surface area (Å²) >= 11 is 0. The number of aromatic nitrogens is 2. The standard InChI is InChI=1S/C24H26N4O4S/c1-18(29)20-10-12-22(13-11-20)33(31,32)28-14-6-5-9-23(28)24(30)26-21-15-25-27(17-21)16-19-7-3-2-4-8-19/h2-4,7-8,10-13,15,17,23H,5-6,9,14,16H2,1H3,(H,26,30). The van der Waals surface area contributed by atoms with Crippen LogP contribution in [0.1, 0.15) is 42.1 Å². The lowest BCUT2D eigenvalue weighted by Gasteiger charge is -2.33. The molecule has 4 rings (SSSR count). The number of amides is 1. The van der Waals surface area contributed by atoms with Crippen molar-refractivity contribution < 1.29 is 18.0 Å². The lowest BCUT2D eigenvalue weighted by Crippen LogP contribution is -2.49. The zero-order chi connectivity index (χ0) is 23.4. The van der Waals surface area contributed by atoms with E-state index in [0.29, 0.717) is 30.6 Å². The number of benzene rings is 2. The first kappa shape index (κ1) is 22.9. The van der Waals surface area contributed by atoms with Crippen LogP contribution >= 0.6 is 0 Å². The van der Waals surface area contributed by atoms with Gasteiger partial charge in [-0.25, -0.2) is 8.42 Å². The monoisotopic (exact) mass is 466 g/mol. The molecule has 9 heteroatoms. The maximum Gasteiger partial charge on any atom is 0.243 e. The fraction of sp³-hybridized carbons (Fsp3) is 0.292. The fourth-order valence-corrected chi connectivity index (χ4v) is 5.62. The SMILES string of the molecule is CC(=O)c1ccc(S(=O)(=O)N2CCCCC2C(=O)Nc2cnn(Cc3ccccc3)c2)cc1. The molecule has 0 saturated carbocycles. The Labute approximate surface area is 193 Å². The Kier molecular flexibility index (Phi) is 6.71. The molecule has 8 nitrogen and oxygen atoms in total. The maximum atomic E-state index is 13.3. The second-order valence-corrected chi connectivity index (χ2v) is 10.00. The zero-order valence-corrected chi connectivity index (χ0v) is 19.2. The van der Waals surface area contributed by atoms with Crippen molar-refractivity contribution in [3.8, 4) is 0 Å². The van der Waals surface area contributed by atoms with E-state index in [1.807, 2.05) is 30.3 Å². The van der Waals surface area contributed by atoms with Crippen LogP contribution in [0, 0.1) is 0 Å². The van der Waals surface area contributed by atoms with Gasteiger partial charge in [0.25, 0.3) is 0 Å². The Morgan fingerprint density at radius 1 is 1.06 bits per heavy atom. The molecule has 1 N–H and O–H groups in total. The average molecular weight is 467 g/mol. The van der Waals surface area contributed by atoms with Crippen molar-refractivity contribution in [2.75, 3.05) is 11.9 Å². The van der Waals surface area contributed by atoms with Crippen molar-refractivity contribution in [1.82, 2.24) is 14.1 Å². The van der Waals surface area contributed by atoms with Crippen LogP contribution in [0.5, 0.6) is 0 Å². The Morgan fingerprint density at radius 3 is 2.48 bits per heavy atom. The van der Waals surface area contributed by atoms with Crippen molar-refractivity contribution >= 4 is 27.4 Å². The van der Waals surface area contributed by atoms with E-state index >= 15 is 0 Å². The molecule has 1 aliphatic rings. The number of carbonyl (C=O) groups excluding carboxylic acids is 2. The highest BCUT2D eigenvalue weighted by molar-refractivity contribution is 7.89. The molecule has 1 atom stereocenters. The number of sulfonamides is 1. The highest BCUT2D eigenvalue weighted by Gasteiger charge is 2.37. The molecule has 0 aliphatic carbocycles. The quantitative estimate of drug-likeness (QED) is 0.539. The molecule has 1 saturated heterocycles. The van der Waals surface area contributed by atoms with Crippen molar-refractivity contribution in [3.63, 3.8) is 0 Å². The number of hydrogen-bond acceptors (Lipinski definition) is 5. The van der Waals surface area contributed by atoms with Gasteiger partial charge in [-0.15, -0.1) is 0 Å². The van der Waals surface area contributed by atoms with Gasteiger partial charge in [-0.05, 0) is 37.5 Å². The molecule has 3 aromatic rings. The minimum atomic E-state index is -3.89. The second-order valence-electron chi connectivity index (χ2n) is 8.11. The molecule has 1 aliphatic heterocycles. The molecular weight excluding hydrogens is 440 g/mol. The van der Waals surface area contributed by atoms with Crippen LogP contribution in [0.25, 0.3) is 0 Å². The van der Waals surface area contributed by atoms with Gasteiger partial charge in [-0.3, -0.25) is 14.3 Å². The summed E-state index contributed by atoms with van der Waals surface area (Å²) in [5.41, 5.74) is 2.04. The lowest BCUT2D eigenvalue weighted by molar-refractivity contribution is -0.120. The van der Waals surface area contributed by atoms with Crippen molar-refractivity contribution in [2.45, 2.75) is 43.7 Å². The summed E-state index contributed by atoms with van der Waals surface area (Å²) in [6, 6.07) is 14.9. The predicted molar refractivity (Wildman–Crippen MR) is 124 cm³/mol. The lowest BCUT2D eigenvalue weighted by atomic mass is 10.0. The molecule has 172 valence electrons. The predicted octanol–water partition coefficient (Wildman–Crippen LogP) is 3.32. The molecular formula is C24H26N4O4S. The molecule has 1 amide bonds. The van der Waals surface area contributed by atoms with Gasteiger partial charge < -0.3 is 5.32 Å². The van der Waals surface area contributed by atoms with E-state index in [1.165, 1.54) is 35.5 Å². The van der Waals surface area contributed by atoms with Gasteiger partial charge in [-0.2, -0.15) is 9.40 Å². The molecule has 0 radical (unpaired) electrons. The first-order valence-electron chi connectivity index (χ1n) is 10.8. The van der Waals surface area contributed by atoms with E-state index in [4.69, 9.17) is 0 Å². The van der Waals surface area contributed by atoms with Crippen LogP contribution in [-0.2, 0) is 21.4 Å². The third kappa shape index (κ3) is 5.20. The van der Waals surface area contributed by atoms with Gasteiger partial charge in [0, 0.05) is 18.3 Å². The van der Waals surface area contributed by atoms with Crippen LogP contribution in [0.4, 0.5) is 5.69 Å². The van der Waals surface area contributed by atoms with Gasteiger partial charge in [0.05, 0.1) is 23.3 Å². The van der Waals surface area contributed by atoms with E-state index in [1.54, 1.807) is 17.1 Å². The molecule has 2 aromatic carbocycles. The van der Waals surface area contributed by atoms with Crippen molar-refractivity contribution in [3.05, 3.63) is 78.1 Å². The number of nitrogens with zero attached hydrogens (tertiary/aromatic N) is 3. The largest absolute Gasteiger partial charge is 0.322 e. The van der Waals surface area contributed by atoms with E-state index < -0.39 is 16.1 Å². The summed E-state index contributed by atoms with van der Waals surface area (Å²) < 4.78 is 29.6. The maximum absolute atomic E-state index is 13.3. The van der Waals surface area contributed by atoms with Gasteiger partial charge >= 0.3 is 0 Å². The van der Waals surface area contributed by atoms with E-state index in [0.717, 1.165) is 12.0 Å². The third-order valence-electron chi connectivity index (χ3n) is 5.71. The number of rotatable bonds is 7. The molecule has 1 fully saturated rings. The summed E-state index contributed by atoms with van der Waals surface area (Å²) in [4.78, 5) is 24.6. The summed E-state index contributed by atoms with van der Waals surface area (Å²) in [7, 11) is -3.89. The first-order valence-corrected chi connectivity index (χ1v) is 12.3. The van der Waals surface area contributed by atoms with E-state index in [9.17, 15) is 18.0 Å². The summed E-state index contributed by atoms with van der Waals surface area (Å²) in [6.07, 6.45) is 5.18. The van der Waals surface area contributed by atoms with Crippen LogP contribution in [0.2, 0.25) is 0 Å². The number of ketones is 1. The topological polar surface area (TPSA) is 101 Å². The molecule has 0 spiro atoms. The normalized spacial score (nSPS) is 16.9. The summed E-state index contributed by atoms with van der Waals surface area (Å²) in [6.45, 7) is 2.26. The summed E-state index contributed by atoms with van der Waals surface area (Å²) in [5.74, 6) is -0.514. The molecule has 0 bridgehead atoms. The third-order valence-corrected chi connectivity index (χ3v) is 7.63. The Bertz CT molecular complexity index is 1240. The molecule has 2 heterocycles. The van der Waals surface area contributed by atoms with Gasteiger partial charge in [0.15, 0.2) is 5.78 Å². The smallest absolute Gasteiger partial charge is 0.243 e. The number of anilines is 1. The van der Waals surface area contributed by atoms with Crippen molar-refractivity contribution in [2.24, 2.45) is 0 Å². The average Bonchev–Trinajstić information content (AvgIpc) is 3.26. The molecule has 1 aromatic heterocycles. The first-order chi connectivity index (χ1) is 15.8. The highest BCUT2D eigenvalue weighted by atomic mass is 32.2. The number of hydrogen-bond donors (Lipinski definition) is 1. The van der Waals surface area contributed by atoms with Gasteiger partial charge in [-0.1, -0.05) is 48.9 Å². The zero-order valence-electron chi connectivity index (χ0n) is 18.3. The van der Waals surface area contributed by atoms with Crippen molar-refractivity contribution in [1.29, 1.82) is 0 Å². The summed E-state index contributed by atoms with van der Waals surface area (Å²) in [5, 5.41) is 7.11. The highest BCUT2D eigenvalue weighted by Crippen LogP contribution is 2.26. The van der Waals surface area contributed by atoms with Gasteiger partial charge in [0.2, 0.25) is 15.9 Å². The number of piperidine rings is 1. The van der Waals surface area contributed by atoms with Crippen LogP contribution in [0.3, 0.4) is 0 Å². The Balaban J connectivity index is 1.49.